The quantitative estimate of drug-likeness (QED) is 0.856. The number of rotatable bonds is 3. The van der Waals surface area contributed by atoms with Gasteiger partial charge in [0.1, 0.15) is 0 Å². The molecule has 0 N–H and O–H groups in total. The number of likely N-dealkylation sites (tertiary alicyclic amines) is 1. The van der Waals surface area contributed by atoms with Crippen molar-refractivity contribution in [2.24, 2.45) is 0 Å². The highest BCUT2D eigenvalue weighted by molar-refractivity contribution is 7.90. The van der Waals surface area contributed by atoms with Gasteiger partial charge >= 0.3 is 0 Å². The van der Waals surface area contributed by atoms with Crippen molar-refractivity contribution in [1.82, 2.24) is 9.21 Å². The maximum absolute atomic E-state index is 11.6. The molecule has 1 aromatic rings. The van der Waals surface area contributed by atoms with Crippen LogP contribution in [0, 0.1) is 0 Å². The number of nitrogens with zero attached hydrogens (tertiary/aromatic N) is 2. The van der Waals surface area contributed by atoms with E-state index < -0.39 is 10.0 Å². The van der Waals surface area contributed by atoms with Gasteiger partial charge in [0.2, 0.25) is 10.0 Å². The topological polar surface area (TPSA) is 40.6 Å². The Labute approximate surface area is 125 Å². The Morgan fingerprint density at radius 2 is 1.75 bits per heavy atom. The van der Waals surface area contributed by atoms with Crippen molar-refractivity contribution in [1.29, 1.82) is 0 Å². The van der Waals surface area contributed by atoms with Crippen molar-refractivity contribution < 1.29 is 8.42 Å². The fourth-order valence-electron chi connectivity index (χ4n) is 2.97. The van der Waals surface area contributed by atoms with Crippen molar-refractivity contribution >= 4 is 21.6 Å². The molecule has 0 unspecified atom stereocenters. The summed E-state index contributed by atoms with van der Waals surface area (Å²) in [7, 11) is -2.90. The van der Waals surface area contributed by atoms with Crippen LogP contribution in [0.25, 0.3) is 0 Å². The van der Waals surface area contributed by atoms with E-state index in [9.17, 15) is 8.42 Å². The third kappa shape index (κ3) is 3.01. The normalized spacial score (nSPS) is 24.4. The van der Waals surface area contributed by atoms with Crippen molar-refractivity contribution in [2.45, 2.75) is 25.4 Å². The van der Waals surface area contributed by atoms with Gasteiger partial charge in [-0.05, 0) is 30.5 Å². The molecule has 0 spiro atoms. The van der Waals surface area contributed by atoms with Crippen LogP contribution in [0.15, 0.2) is 24.3 Å². The highest BCUT2D eigenvalue weighted by Gasteiger charge is 2.39. The Morgan fingerprint density at radius 3 is 2.25 bits per heavy atom. The van der Waals surface area contributed by atoms with E-state index in [0.29, 0.717) is 12.3 Å². The van der Waals surface area contributed by atoms with E-state index in [1.807, 2.05) is 24.3 Å². The summed E-state index contributed by atoms with van der Waals surface area (Å²) in [5, 5.41) is 0.760. The molecule has 0 amide bonds. The zero-order chi connectivity index (χ0) is 14.2. The second kappa shape index (κ2) is 5.64. The molecule has 1 aromatic carbocycles. The Hall–Kier alpha value is -0.620. The Morgan fingerprint density at radius 1 is 1.10 bits per heavy atom. The molecule has 2 aliphatic heterocycles. The molecule has 0 bridgehead atoms. The first-order valence-corrected chi connectivity index (χ1v) is 9.00. The number of sulfonamides is 1. The summed E-state index contributed by atoms with van der Waals surface area (Å²) in [5.74, 6) is 0.331. The minimum absolute atomic E-state index is 0.218. The number of piperidine rings is 1. The lowest BCUT2D eigenvalue weighted by Crippen LogP contribution is -2.55. The summed E-state index contributed by atoms with van der Waals surface area (Å²) in [6.45, 7) is 3.54. The van der Waals surface area contributed by atoms with Crippen LogP contribution in [0.4, 0.5) is 0 Å². The molecule has 6 heteroatoms. The fourth-order valence-corrected chi connectivity index (χ4v) is 4.45. The van der Waals surface area contributed by atoms with Crippen LogP contribution < -0.4 is 0 Å². The van der Waals surface area contributed by atoms with E-state index in [1.165, 1.54) is 5.56 Å². The molecule has 2 aliphatic rings. The molecule has 2 saturated heterocycles. The monoisotopic (exact) mass is 314 g/mol. The number of hydrogen-bond acceptors (Lipinski definition) is 3. The average Bonchev–Trinajstić information content (AvgIpc) is 2.42. The molecule has 2 fully saturated rings. The van der Waals surface area contributed by atoms with Crippen molar-refractivity contribution in [2.75, 3.05) is 25.4 Å². The molecule has 4 nitrogen and oxygen atoms in total. The first-order valence-electron chi connectivity index (χ1n) is 7.01. The van der Waals surface area contributed by atoms with E-state index >= 15 is 0 Å². The van der Waals surface area contributed by atoms with E-state index in [-0.39, 0.29) is 6.04 Å². The maximum atomic E-state index is 11.6. The Balaban J connectivity index is 1.52. The third-order valence-corrected chi connectivity index (χ3v) is 6.36. The first kappa shape index (κ1) is 14.3. The van der Waals surface area contributed by atoms with Crippen LogP contribution in [0.5, 0.6) is 0 Å². The third-order valence-electron chi connectivity index (χ3n) is 4.21. The zero-order valence-electron chi connectivity index (χ0n) is 11.3. The van der Waals surface area contributed by atoms with Gasteiger partial charge in [0.25, 0.3) is 0 Å². The molecule has 20 heavy (non-hydrogen) atoms. The van der Waals surface area contributed by atoms with E-state index in [1.54, 1.807) is 4.31 Å². The summed E-state index contributed by atoms with van der Waals surface area (Å²) < 4.78 is 24.9. The standard InChI is InChI=1S/C14H19ClN2O2S/c15-13-3-1-12(2-4-13)11-16-7-5-14(6-8-16)17-9-10-20(17,18)19/h1-4,14H,5-11H2. The summed E-state index contributed by atoms with van der Waals surface area (Å²) in [6.07, 6.45) is 1.87. The van der Waals surface area contributed by atoms with Crippen molar-refractivity contribution in [3.63, 3.8) is 0 Å². The molecule has 0 saturated carbocycles. The molecular formula is C14H19ClN2O2S. The van der Waals surface area contributed by atoms with Gasteiger partial charge in [-0.1, -0.05) is 23.7 Å². The number of benzene rings is 1. The van der Waals surface area contributed by atoms with Gasteiger partial charge in [-0.3, -0.25) is 4.90 Å². The number of halogens is 1. The van der Waals surface area contributed by atoms with Gasteiger partial charge in [-0.25, -0.2) is 8.42 Å². The molecule has 0 atom stereocenters. The highest BCUT2D eigenvalue weighted by Crippen LogP contribution is 2.25. The predicted molar refractivity (Wildman–Crippen MR) is 80.2 cm³/mol. The molecule has 2 heterocycles. The van der Waals surface area contributed by atoms with Crippen molar-refractivity contribution in [3.8, 4) is 0 Å². The minimum atomic E-state index is -2.90. The van der Waals surface area contributed by atoms with Crippen LogP contribution in [0.2, 0.25) is 5.02 Å². The van der Waals surface area contributed by atoms with Gasteiger partial charge in [-0.2, -0.15) is 4.31 Å². The molecular weight excluding hydrogens is 296 g/mol. The van der Waals surface area contributed by atoms with Gasteiger partial charge in [0.05, 0.1) is 5.75 Å². The van der Waals surface area contributed by atoms with E-state index in [4.69, 9.17) is 11.6 Å². The van der Waals surface area contributed by atoms with E-state index in [2.05, 4.69) is 4.90 Å². The van der Waals surface area contributed by atoms with Gasteiger partial charge in [-0.15, -0.1) is 0 Å². The molecule has 0 aliphatic carbocycles. The Kier molecular flexibility index (Phi) is 4.04. The summed E-state index contributed by atoms with van der Waals surface area (Å²) in [5.41, 5.74) is 1.25. The van der Waals surface area contributed by atoms with Crippen LogP contribution in [-0.2, 0) is 16.6 Å². The highest BCUT2D eigenvalue weighted by atomic mass is 35.5. The molecule has 110 valence electrons. The average molecular weight is 315 g/mol. The molecule has 3 rings (SSSR count). The van der Waals surface area contributed by atoms with Crippen LogP contribution in [0.1, 0.15) is 18.4 Å². The summed E-state index contributed by atoms with van der Waals surface area (Å²) in [4.78, 5) is 2.38. The lowest BCUT2D eigenvalue weighted by Gasteiger charge is -2.41. The van der Waals surface area contributed by atoms with Crippen LogP contribution in [0.3, 0.4) is 0 Å². The smallest absolute Gasteiger partial charge is 0.215 e. The molecule has 0 radical (unpaired) electrons. The maximum Gasteiger partial charge on any atom is 0.215 e. The predicted octanol–water partition coefficient (Wildman–Crippen LogP) is 1.95. The zero-order valence-corrected chi connectivity index (χ0v) is 12.9. The molecule has 0 aromatic heterocycles. The second-order valence-corrected chi connectivity index (χ2v) is 8.04. The Bertz CT molecular complexity index is 565. The first-order chi connectivity index (χ1) is 9.54. The SMILES string of the molecule is O=S1(=O)CCN1C1CCN(Cc2ccc(Cl)cc2)CC1. The van der Waals surface area contributed by atoms with Gasteiger partial charge in [0, 0.05) is 37.2 Å². The van der Waals surface area contributed by atoms with Gasteiger partial charge < -0.3 is 0 Å². The fraction of sp³-hybridized carbons (Fsp3) is 0.571. The van der Waals surface area contributed by atoms with Crippen LogP contribution >= 0.6 is 11.6 Å². The second-order valence-electron chi connectivity index (χ2n) is 5.56. The number of hydrogen-bond donors (Lipinski definition) is 0. The largest absolute Gasteiger partial charge is 0.299 e. The van der Waals surface area contributed by atoms with Crippen LogP contribution in [-0.4, -0.2) is 49.1 Å². The van der Waals surface area contributed by atoms with Crippen molar-refractivity contribution in [3.05, 3.63) is 34.9 Å². The lowest BCUT2D eigenvalue weighted by atomic mass is 10.0. The summed E-state index contributed by atoms with van der Waals surface area (Å²) in [6, 6.07) is 8.14. The summed E-state index contributed by atoms with van der Waals surface area (Å²) >= 11 is 5.88. The minimum Gasteiger partial charge on any atom is -0.299 e. The van der Waals surface area contributed by atoms with E-state index in [0.717, 1.165) is 37.5 Å². The lowest BCUT2D eigenvalue weighted by molar-refractivity contribution is 0.148. The van der Waals surface area contributed by atoms with Gasteiger partial charge in [0.15, 0.2) is 0 Å².